The van der Waals surface area contributed by atoms with Crippen molar-refractivity contribution in [1.29, 1.82) is 0 Å². The van der Waals surface area contributed by atoms with Crippen LogP contribution in [0.5, 0.6) is 0 Å². The molecule has 154 valence electrons. The van der Waals surface area contributed by atoms with E-state index in [-0.39, 0.29) is 36.0 Å². The van der Waals surface area contributed by atoms with Gasteiger partial charge in [-0.15, -0.1) is 0 Å². The van der Waals surface area contributed by atoms with Gasteiger partial charge in [-0.3, -0.25) is 14.1 Å². The van der Waals surface area contributed by atoms with Crippen LogP contribution < -0.4 is 5.32 Å². The smallest absolute Gasteiger partial charge is 0.332 e. The third-order valence-corrected chi connectivity index (χ3v) is 3.96. The first-order valence-electron chi connectivity index (χ1n) is 8.03. The average molecular weight is 401 g/mol. The summed E-state index contributed by atoms with van der Waals surface area (Å²) in [4.78, 5) is 34.1. The van der Waals surface area contributed by atoms with Crippen molar-refractivity contribution < 1.29 is 41.5 Å². The SMILES string of the molecule is COCC(=O)OC(CCCCC(=O)NCCS(=O)(=O)O)CCC(C)=O.F. The zero-order chi connectivity index (χ0) is 19.3. The molecule has 0 rings (SSSR count). The molecule has 0 aromatic heterocycles. The summed E-state index contributed by atoms with van der Waals surface area (Å²) in [6.45, 7) is 1.16. The Morgan fingerprint density at radius 3 is 2.31 bits per heavy atom. The minimum absolute atomic E-state index is 0. The third-order valence-electron chi connectivity index (χ3n) is 3.24. The van der Waals surface area contributed by atoms with Gasteiger partial charge in [-0.05, 0) is 32.6 Å². The molecular weight excluding hydrogens is 373 g/mol. The first-order valence-corrected chi connectivity index (χ1v) is 9.64. The van der Waals surface area contributed by atoms with Gasteiger partial charge in [0.2, 0.25) is 5.91 Å². The predicted molar refractivity (Wildman–Crippen MR) is 92.1 cm³/mol. The number of hydrogen-bond acceptors (Lipinski definition) is 7. The van der Waals surface area contributed by atoms with Crippen LogP contribution in [0.25, 0.3) is 0 Å². The Labute approximate surface area is 152 Å². The van der Waals surface area contributed by atoms with E-state index < -0.39 is 27.9 Å². The number of methoxy groups -OCH3 is 1. The molecule has 0 aliphatic heterocycles. The highest BCUT2D eigenvalue weighted by Gasteiger charge is 2.15. The van der Waals surface area contributed by atoms with E-state index in [9.17, 15) is 22.8 Å². The summed E-state index contributed by atoms with van der Waals surface area (Å²) in [7, 11) is -2.71. The van der Waals surface area contributed by atoms with Crippen LogP contribution in [-0.4, -0.2) is 62.7 Å². The number of hydrogen-bond donors (Lipinski definition) is 2. The van der Waals surface area contributed by atoms with Gasteiger partial charge in [0.25, 0.3) is 10.1 Å². The van der Waals surface area contributed by atoms with Crippen molar-refractivity contribution in [3.05, 3.63) is 0 Å². The molecule has 0 aromatic rings. The number of unbranched alkanes of at least 4 members (excludes halogenated alkanes) is 1. The van der Waals surface area contributed by atoms with Crippen LogP contribution in [0.3, 0.4) is 0 Å². The van der Waals surface area contributed by atoms with Crippen LogP contribution in [0.2, 0.25) is 0 Å². The minimum atomic E-state index is -4.09. The number of ketones is 1. The van der Waals surface area contributed by atoms with Gasteiger partial charge >= 0.3 is 5.97 Å². The Kier molecular flexibility index (Phi) is 14.9. The lowest BCUT2D eigenvalue weighted by Crippen LogP contribution is -2.28. The molecule has 1 atom stereocenters. The fraction of sp³-hybridized carbons (Fsp3) is 0.800. The molecule has 0 bridgehead atoms. The Bertz CT molecular complexity index is 538. The number of rotatable bonds is 14. The van der Waals surface area contributed by atoms with Gasteiger partial charge in [-0.1, -0.05) is 0 Å². The second-order valence-corrected chi connectivity index (χ2v) is 7.24. The molecule has 0 aromatic carbocycles. The maximum Gasteiger partial charge on any atom is 0.332 e. The molecule has 0 radical (unpaired) electrons. The molecule has 0 heterocycles. The van der Waals surface area contributed by atoms with Gasteiger partial charge in [-0.25, -0.2) is 4.79 Å². The van der Waals surface area contributed by atoms with Crippen LogP contribution in [0.1, 0.15) is 45.4 Å². The second-order valence-electron chi connectivity index (χ2n) is 5.67. The first kappa shape index (κ1) is 26.6. The van der Waals surface area contributed by atoms with E-state index >= 15 is 0 Å². The number of halogens is 1. The molecular formula is C15H28FNO8S. The molecule has 1 unspecified atom stereocenters. The third kappa shape index (κ3) is 17.2. The maximum absolute atomic E-state index is 11.5. The largest absolute Gasteiger partial charge is 0.461 e. The van der Waals surface area contributed by atoms with E-state index in [4.69, 9.17) is 14.0 Å². The van der Waals surface area contributed by atoms with E-state index in [1.807, 2.05) is 0 Å². The summed E-state index contributed by atoms with van der Waals surface area (Å²) in [6.07, 6.45) is 2.16. The molecule has 0 saturated carbocycles. The quantitative estimate of drug-likeness (QED) is 0.246. The van der Waals surface area contributed by atoms with Crippen molar-refractivity contribution in [1.82, 2.24) is 5.32 Å². The zero-order valence-corrected chi connectivity index (χ0v) is 15.9. The highest BCUT2D eigenvalue weighted by molar-refractivity contribution is 7.85. The molecule has 9 nitrogen and oxygen atoms in total. The van der Waals surface area contributed by atoms with E-state index in [1.165, 1.54) is 14.0 Å². The fourth-order valence-corrected chi connectivity index (χ4v) is 2.39. The molecule has 0 fully saturated rings. The van der Waals surface area contributed by atoms with Gasteiger partial charge in [0.1, 0.15) is 18.5 Å². The minimum Gasteiger partial charge on any atom is -0.461 e. The van der Waals surface area contributed by atoms with E-state index in [1.54, 1.807) is 0 Å². The molecule has 2 N–H and O–H groups in total. The Hall–Kier alpha value is -1.59. The number of carbonyl (C=O) groups excluding carboxylic acids is 3. The number of amides is 1. The van der Waals surface area contributed by atoms with E-state index in [0.29, 0.717) is 32.1 Å². The van der Waals surface area contributed by atoms with Crippen LogP contribution >= 0.6 is 0 Å². The number of carbonyl (C=O) groups is 3. The number of ether oxygens (including phenoxy) is 2. The van der Waals surface area contributed by atoms with Crippen LogP contribution in [-0.2, 0) is 34.0 Å². The fourth-order valence-electron chi connectivity index (χ4n) is 2.03. The Morgan fingerprint density at radius 2 is 1.77 bits per heavy atom. The summed E-state index contributed by atoms with van der Waals surface area (Å²) in [6, 6.07) is 0. The topological polar surface area (TPSA) is 136 Å². The summed E-state index contributed by atoms with van der Waals surface area (Å²) >= 11 is 0. The molecule has 0 saturated heterocycles. The van der Waals surface area contributed by atoms with Crippen molar-refractivity contribution in [2.24, 2.45) is 0 Å². The average Bonchev–Trinajstić information content (AvgIpc) is 2.47. The zero-order valence-electron chi connectivity index (χ0n) is 15.1. The maximum atomic E-state index is 11.5. The summed E-state index contributed by atoms with van der Waals surface area (Å²) < 4.78 is 39.5. The van der Waals surface area contributed by atoms with Crippen molar-refractivity contribution in [2.75, 3.05) is 26.0 Å². The van der Waals surface area contributed by atoms with Crippen LogP contribution in [0, 0.1) is 0 Å². The van der Waals surface area contributed by atoms with Crippen LogP contribution in [0.15, 0.2) is 0 Å². The standard InChI is InChI=1S/C15H27NO8S.FH/c1-12(17)7-8-13(24-15(19)11-23-2)5-3-4-6-14(18)16-9-10-25(20,21)22;/h13H,3-11H2,1-2H3,(H,16,18)(H,20,21,22);1H. The van der Waals surface area contributed by atoms with Crippen molar-refractivity contribution in [2.45, 2.75) is 51.6 Å². The molecule has 11 heteroatoms. The van der Waals surface area contributed by atoms with E-state index in [2.05, 4.69) is 5.32 Å². The summed E-state index contributed by atoms with van der Waals surface area (Å²) in [5.74, 6) is -1.34. The summed E-state index contributed by atoms with van der Waals surface area (Å²) in [5.41, 5.74) is 0. The number of Topliss-reactive ketones (excluding diaryl/α,β-unsaturated/α-hetero) is 1. The van der Waals surface area contributed by atoms with Gasteiger partial charge in [0.15, 0.2) is 0 Å². The van der Waals surface area contributed by atoms with E-state index in [0.717, 1.165) is 0 Å². The summed E-state index contributed by atoms with van der Waals surface area (Å²) in [5, 5.41) is 2.39. The number of nitrogens with one attached hydrogen (secondary N) is 1. The molecule has 0 aliphatic carbocycles. The number of esters is 1. The predicted octanol–water partition coefficient (Wildman–Crippen LogP) is 0.631. The highest BCUT2D eigenvalue weighted by atomic mass is 32.2. The van der Waals surface area contributed by atoms with Gasteiger partial charge < -0.3 is 19.6 Å². The van der Waals surface area contributed by atoms with Crippen molar-refractivity contribution >= 4 is 27.8 Å². The van der Waals surface area contributed by atoms with Crippen molar-refractivity contribution in [3.8, 4) is 0 Å². The molecule has 0 spiro atoms. The van der Waals surface area contributed by atoms with Gasteiger partial charge in [0.05, 0.1) is 5.75 Å². The molecule has 0 aliphatic rings. The monoisotopic (exact) mass is 401 g/mol. The van der Waals surface area contributed by atoms with Crippen LogP contribution in [0.4, 0.5) is 4.70 Å². The lowest BCUT2D eigenvalue weighted by Gasteiger charge is -2.17. The second kappa shape index (κ2) is 14.6. The molecule has 26 heavy (non-hydrogen) atoms. The Morgan fingerprint density at radius 1 is 1.12 bits per heavy atom. The van der Waals surface area contributed by atoms with Gasteiger partial charge in [0, 0.05) is 26.5 Å². The lowest BCUT2D eigenvalue weighted by molar-refractivity contribution is -0.154. The Balaban J connectivity index is 0. The molecule has 1 amide bonds. The first-order chi connectivity index (χ1) is 11.6. The van der Waals surface area contributed by atoms with Crippen molar-refractivity contribution in [3.63, 3.8) is 0 Å². The lowest BCUT2D eigenvalue weighted by atomic mass is 10.0. The van der Waals surface area contributed by atoms with Gasteiger partial charge in [-0.2, -0.15) is 8.42 Å². The normalized spacial score (nSPS) is 12.0. The highest BCUT2D eigenvalue weighted by Crippen LogP contribution is 2.13.